The number of hydrogen-bond donors (Lipinski definition) is 1. The minimum atomic E-state index is -0.0862. The molecule has 1 amide bonds. The average Bonchev–Trinajstić information content (AvgIpc) is 2.78. The quantitative estimate of drug-likeness (QED) is 0.773. The second kappa shape index (κ2) is 4.74. The van der Waals surface area contributed by atoms with Crippen LogP contribution >= 0.6 is 0 Å². The van der Waals surface area contributed by atoms with Gasteiger partial charge in [-0.25, -0.2) is 0 Å². The minimum absolute atomic E-state index is 0.0862. The third-order valence-electron chi connectivity index (χ3n) is 4.32. The predicted molar refractivity (Wildman–Crippen MR) is 65.2 cm³/mol. The van der Waals surface area contributed by atoms with Crippen LogP contribution in [0.4, 0.5) is 0 Å². The summed E-state index contributed by atoms with van der Waals surface area (Å²) in [5, 5.41) is 3.35. The van der Waals surface area contributed by atoms with E-state index >= 15 is 0 Å². The van der Waals surface area contributed by atoms with Gasteiger partial charge in [0.05, 0.1) is 5.41 Å². The maximum Gasteiger partial charge on any atom is 0.230 e. The molecule has 3 heteroatoms. The van der Waals surface area contributed by atoms with Crippen molar-refractivity contribution in [3.63, 3.8) is 0 Å². The summed E-state index contributed by atoms with van der Waals surface area (Å²) in [6.45, 7) is 8.24. The monoisotopic (exact) mass is 224 g/mol. The van der Waals surface area contributed by atoms with Crippen molar-refractivity contribution in [3.05, 3.63) is 0 Å². The molecule has 2 saturated heterocycles. The van der Waals surface area contributed by atoms with E-state index in [0.29, 0.717) is 11.8 Å². The highest BCUT2D eigenvalue weighted by molar-refractivity contribution is 5.83. The lowest BCUT2D eigenvalue weighted by atomic mass is 9.82. The summed E-state index contributed by atoms with van der Waals surface area (Å²) in [5.74, 6) is 1.09. The Morgan fingerprint density at radius 1 is 1.56 bits per heavy atom. The SMILES string of the molecule is CCC1(C(=O)N2CCCC(C)C2)CCNC1. The van der Waals surface area contributed by atoms with Crippen molar-refractivity contribution in [1.82, 2.24) is 10.2 Å². The Labute approximate surface area is 98.6 Å². The Morgan fingerprint density at radius 3 is 2.94 bits per heavy atom. The summed E-state index contributed by atoms with van der Waals surface area (Å²) >= 11 is 0. The van der Waals surface area contributed by atoms with Crippen molar-refractivity contribution in [2.45, 2.75) is 39.5 Å². The van der Waals surface area contributed by atoms with Crippen LogP contribution in [0, 0.1) is 11.3 Å². The van der Waals surface area contributed by atoms with Crippen LogP contribution in [0.1, 0.15) is 39.5 Å². The van der Waals surface area contributed by atoms with Crippen LogP contribution in [0.2, 0.25) is 0 Å². The first kappa shape index (κ1) is 11.9. The number of carbonyl (C=O) groups is 1. The molecule has 2 heterocycles. The second-order valence-corrected chi connectivity index (χ2v) is 5.56. The normalized spacial score (nSPS) is 35.4. The maximum atomic E-state index is 12.6. The molecule has 2 atom stereocenters. The van der Waals surface area contributed by atoms with Crippen LogP contribution < -0.4 is 5.32 Å². The number of rotatable bonds is 2. The molecule has 0 spiro atoms. The van der Waals surface area contributed by atoms with Gasteiger partial charge in [0.25, 0.3) is 0 Å². The highest BCUT2D eigenvalue weighted by atomic mass is 16.2. The number of nitrogens with zero attached hydrogens (tertiary/aromatic N) is 1. The van der Waals surface area contributed by atoms with Gasteiger partial charge < -0.3 is 10.2 Å². The Kier molecular flexibility index (Phi) is 3.53. The zero-order valence-electron chi connectivity index (χ0n) is 10.6. The van der Waals surface area contributed by atoms with Crippen LogP contribution in [0.15, 0.2) is 0 Å². The molecule has 0 aromatic carbocycles. The van der Waals surface area contributed by atoms with Crippen LogP contribution in [-0.2, 0) is 4.79 Å². The van der Waals surface area contributed by atoms with Crippen LogP contribution in [0.5, 0.6) is 0 Å². The van der Waals surface area contributed by atoms with Gasteiger partial charge in [-0.1, -0.05) is 13.8 Å². The van der Waals surface area contributed by atoms with Crippen LogP contribution in [0.3, 0.4) is 0 Å². The predicted octanol–water partition coefficient (Wildman–Crippen LogP) is 1.63. The maximum absolute atomic E-state index is 12.6. The molecule has 2 unspecified atom stereocenters. The topological polar surface area (TPSA) is 32.3 Å². The summed E-state index contributed by atoms with van der Waals surface area (Å²) in [6.07, 6.45) is 4.46. The van der Waals surface area contributed by atoms with E-state index in [1.165, 1.54) is 12.8 Å². The van der Waals surface area contributed by atoms with Crippen molar-refractivity contribution < 1.29 is 4.79 Å². The fraction of sp³-hybridized carbons (Fsp3) is 0.923. The molecule has 92 valence electrons. The first-order valence-corrected chi connectivity index (χ1v) is 6.68. The van der Waals surface area contributed by atoms with Gasteiger partial charge in [0.1, 0.15) is 0 Å². The summed E-state index contributed by atoms with van der Waals surface area (Å²) < 4.78 is 0. The van der Waals surface area contributed by atoms with Gasteiger partial charge in [-0.3, -0.25) is 4.79 Å². The molecule has 0 aromatic heterocycles. The Morgan fingerprint density at radius 2 is 2.38 bits per heavy atom. The summed E-state index contributed by atoms with van der Waals surface area (Å²) in [6, 6.07) is 0. The molecule has 2 rings (SSSR count). The van der Waals surface area contributed by atoms with E-state index in [0.717, 1.165) is 39.0 Å². The van der Waals surface area contributed by atoms with Crippen LogP contribution in [0.25, 0.3) is 0 Å². The highest BCUT2D eigenvalue weighted by Gasteiger charge is 2.42. The number of likely N-dealkylation sites (tertiary alicyclic amines) is 1. The molecular weight excluding hydrogens is 200 g/mol. The zero-order chi connectivity index (χ0) is 11.6. The first-order valence-electron chi connectivity index (χ1n) is 6.68. The zero-order valence-corrected chi connectivity index (χ0v) is 10.6. The van der Waals surface area contributed by atoms with Gasteiger partial charge in [-0.15, -0.1) is 0 Å². The van der Waals surface area contributed by atoms with E-state index in [4.69, 9.17) is 0 Å². The number of hydrogen-bond acceptors (Lipinski definition) is 2. The molecular formula is C13H24N2O. The molecule has 0 saturated carbocycles. The summed E-state index contributed by atoms with van der Waals surface area (Å²) in [7, 11) is 0. The standard InChI is InChI=1S/C13H24N2O/c1-3-13(6-7-14-10-13)12(16)15-8-4-5-11(2)9-15/h11,14H,3-10H2,1-2H3. The number of amides is 1. The molecule has 2 aliphatic heterocycles. The lowest BCUT2D eigenvalue weighted by Crippen LogP contribution is -2.48. The third kappa shape index (κ3) is 2.10. The molecule has 2 aliphatic rings. The van der Waals surface area contributed by atoms with Gasteiger partial charge in [-0.05, 0) is 38.1 Å². The Hall–Kier alpha value is -0.570. The molecule has 0 bridgehead atoms. The number of piperidine rings is 1. The lowest BCUT2D eigenvalue weighted by molar-refractivity contribution is -0.143. The van der Waals surface area contributed by atoms with Gasteiger partial charge in [0.2, 0.25) is 5.91 Å². The van der Waals surface area contributed by atoms with Crippen molar-refractivity contribution in [2.75, 3.05) is 26.2 Å². The summed E-state index contributed by atoms with van der Waals surface area (Å²) in [5.41, 5.74) is -0.0862. The van der Waals surface area contributed by atoms with Crippen molar-refractivity contribution in [3.8, 4) is 0 Å². The van der Waals surface area contributed by atoms with E-state index < -0.39 is 0 Å². The van der Waals surface area contributed by atoms with Gasteiger partial charge in [0, 0.05) is 19.6 Å². The number of nitrogens with one attached hydrogen (secondary N) is 1. The first-order chi connectivity index (χ1) is 7.68. The van der Waals surface area contributed by atoms with E-state index in [1.807, 2.05) is 0 Å². The smallest absolute Gasteiger partial charge is 0.230 e. The molecule has 16 heavy (non-hydrogen) atoms. The fourth-order valence-electron chi connectivity index (χ4n) is 3.09. The van der Waals surface area contributed by atoms with E-state index in [-0.39, 0.29) is 5.41 Å². The average molecular weight is 224 g/mol. The lowest BCUT2D eigenvalue weighted by Gasteiger charge is -2.37. The third-order valence-corrected chi connectivity index (χ3v) is 4.32. The van der Waals surface area contributed by atoms with Gasteiger partial charge in [-0.2, -0.15) is 0 Å². The molecule has 0 aliphatic carbocycles. The Bertz CT molecular complexity index is 259. The van der Waals surface area contributed by atoms with E-state index in [9.17, 15) is 4.79 Å². The van der Waals surface area contributed by atoms with Gasteiger partial charge in [0.15, 0.2) is 0 Å². The van der Waals surface area contributed by atoms with Crippen molar-refractivity contribution >= 4 is 5.91 Å². The van der Waals surface area contributed by atoms with E-state index in [1.54, 1.807) is 0 Å². The molecule has 0 aromatic rings. The molecule has 2 fully saturated rings. The molecule has 3 nitrogen and oxygen atoms in total. The fourth-order valence-corrected chi connectivity index (χ4v) is 3.09. The van der Waals surface area contributed by atoms with Crippen molar-refractivity contribution in [2.24, 2.45) is 11.3 Å². The Balaban J connectivity index is 2.04. The van der Waals surface area contributed by atoms with Gasteiger partial charge >= 0.3 is 0 Å². The minimum Gasteiger partial charge on any atom is -0.342 e. The van der Waals surface area contributed by atoms with Crippen molar-refractivity contribution in [1.29, 1.82) is 0 Å². The van der Waals surface area contributed by atoms with Crippen LogP contribution in [-0.4, -0.2) is 37.0 Å². The largest absolute Gasteiger partial charge is 0.342 e. The second-order valence-electron chi connectivity index (χ2n) is 5.56. The molecule has 0 radical (unpaired) electrons. The summed E-state index contributed by atoms with van der Waals surface area (Å²) in [4.78, 5) is 14.7. The number of carbonyl (C=O) groups excluding carboxylic acids is 1. The highest BCUT2D eigenvalue weighted by Crippen LogP contribution is 2.33. The van der Waals surface area contributed by atoms with E-state index in [2.05, 4.69) is 24.1 Å². The molecule has 1 N–H and O–H groups in total.